The fourth-order valence-corrected chi connectivity index (χ4v) is 1.70. The van der Waals surface area contributed by atoms with Crippen LogP contribution in [0.2, 0.25) is 0 Å². The molecular weight excluding hydrogens is 192 g/mol. The molecule has 0 aromatic carbocycles. The van der Waals surface area contributed by atoms with Crippen LogP contribution in [0.15, 0.2) is 4.99 Å². The number of thioether (sulfide) groups is 1. The highest BCUT2D eigenvalue weighted by Gasteiger charge is 2.48. The number of aliphatic imine (C=N–C) groups is 1. The molecule has 72 valence electrons. The average Bonchev–Trinajstić information content (AvgIpc) is 2.28. The van der Waals surface area contributed by atoms with E-state index in [0.717, 1.165) is 11.8 Å². The molecule has 0 unspecified atom stereocenters. The van der Waals surface area contributed by atoms with Gasteiger partial charge < -0.3 is 10.5 Å². The van der Waals surface area contributed by atoms with Gasteiger partial charge >= 0.3 is 5.97 Å². The lowest BCUT2D eigenvalue weighted by atomic mass is 10.1. The van der Waals surface area contributed by atoms with Crippen molar-refractivity contribution < 1.29 is 14.3 Å². The van der Waals surface area contributed by atoms with Gasteiger partial charge in [0.1, 0.15) is 0 Å². The zero-order valence-corrected chi connectivity index (χ0v) is 8.18. The Kier molecular flexibility index (Phi) is 2.60. The molecule has 1 aliphatic rings. The molecule has 1 aliphatic heterocycles. The van der Waals surface area contributed by atoms with Crippen LogP contribution in [0, 0.1) is 0 Å². The molecule has 0 saturated carbocycles. The van der Waals surface area contributed by atoms with Crippen molar-refractivity contribution in [2.45, 2.75) is 18.6 Å². The van der Waals surface area contributed by atoms with Crippen LogP contribution >= 0.6 is 11.8 Å². The second-order valence-electron chi connectivity index (χ2n) is 2.61. The number of nitrogens with zero attached hydrogens (tertiary/aromatic N) is 1. The molecule has 0 saturated heterocycles. The fourth-order valence-electron chi connectivity index (χ4n) is 0.880. The van der Waals surface area contributed by atoms with Gasteiger partial charge in [-0.25, -0.2) is 4.79 Å². The molecule has 2 N–H and O–H groups in total. The Morgan fingerprint density at radius 2 is 2.38 bits per heavy atom. The molecular formula is C7H10N2O3S. The van der Waals surface area contributed by atoms with Gasteiger partial charge in [0.2, 0.25) is 0 Å². The molecule has 0 spiro atoms. The number of nitrogens with two attached hydrogens (primary N) is 1. The van der Waals surface area contributed by atoms with E-state index in [4.69, 9.17) is 10.5 Å². The third-order valence-electron chi connectivity index (χ3n) is 1.59. The Hall–Kier alpha value is -1.04. The van der Waals surface area contributed by atoms with Gasteiger partial charge in [0.15, 0.2) is 9.91 Å². The molecule has 0 aliphatic carbocycles. The summed E-state index contributed by atoms with van der Waals surface area (Å²) in [4.78, 5) is 26.0. The predicted molar refractivity (Wildman–Crippen MR) is 49.3 cm³/mol. The first-order valence-electron chi connectivity index (χ1n) is 3.75. The number of ether oxygens (including phenoxy) is 1. The summed E-state index contributed by atoms with van der Waals surface area (Å²) in [6.07, 6.45) is 0. The average molecular weight is 202 g/mol. The van der Waals surface area contributed by atoms with Crippen molar-refractivity contribution in [3.8, 4) is 0 Å². The maximum absolute atomic E-state index is 11.3. The van der Waals surface area contributed by atoms with Crippen LogP contribution in [0.25, 0.3) is 0 Å². The number of amides is 1. The molecule has 0 aromatic heterocycles. The number of carbonyl (C=O) groups is 2. The second-order valence-corrected chi connectivity index (χ2v) is 4.05. The fraction of sp³-hybridized carbons (Fsp3) is 0.571. The van der Waals surface area contributed by atoms with Crippen LogP contribution in [0.1, 0.15) is 13.8 Å². The Balaban J connectivity index is 2.80. The van der Waals surface area contributed by atoms with Crippen molar-refractivity contribution in [1.82, 2.24) is 0 Å². The van der Waals surface area contributed by atoms with Crippen molar-refractivity contribution in [1.29, 1.82) is 0 Å². The van der Waals surface area contributed by atoms with Crippen molar-refractivity contribution in [2.24, 2.45) is 10.7 Å². The summed E-state index contributed by atoms with van der Waals surface area (Å²) in [5.41, 5.74) is 5.32. The van der Waals surface area contributed by atoms with Crippen molar-refractivity contribution in [3.63, 3.8) is 0 Å². The van der Waals surface area contributed by atoms with E-state index in [1.165, 1.54) is 6.92 Å². The van der Waals surface area contributed by atoms with Crippen LogP contribution in [0.3, 0.4) is 0 Å². The smallest absolute Gasteiger partial charge is 0.332 e. The van der Waals surface area contributed by atoms with Crippen LogP contribution in [-0.2, 0) is 14.3 Å². The van der Waals surface area contributed by atoms with Gasteiger partial charge in [-0.05, 0) is 13.8 Å². The molecule has 0 bridgehead atoms. The van der Waals surface area contributed by atoms with E-state index in [9.17, 15) is 9.59 Å². The zero-order valence-electron chi connectivity index (χ0n) is 7.36. The van der Waals surface area contributed by atoms with Crippen LogP contribution < -0.4 is 5.73 Å². The number of hydrogen-bond donors (Lipinski definition) is 1. The minimum atomic E-state index is -1.28. The maximum atomic E-state index is 11.3. The highest BCUT2D eigenvalue weighted by atomic mass is 32.2. The van der Waals surface area contributed by atoms with E-state index in [1.807, 2.05) is 0 Å². The van der Waals surface area contributed by atoms with Gasteiger partial charge in [0.05, 0.1) is 6.61 Å². The molecule has 0 radical (unpaired) electrons. The van der Waals surface area contributed by atoms with Crippen LogP contribution in [-0.4, -0.2) is 28.4 Å². The Labute approximate surface area is 79.7 Å². The summed E-state index contributed by atoms with van der Waals surface area (Å²) in [7, 11) is 0. The third-order valence-corrected chi connectivity index (χ3v) is 2.64. The number of hydrogen-bond acceptors (Lipinski definition) is 5. The van der Waals surface area contributed by atoms with Gasteiger partial charge in [-0.1, -0.05) is 11.8 Å². The normalized spacial score (nSPS) is 27.2. The van der Waals surface area contributed by atoms with Crippen molar-refractivity contribution >= 4 is 28.8 Å². The van der Waals surface area contributed by atoms with Crippen molar-refractivity contribution in [3.05, 3.63) is 0 Å². The Bertz CT molecular complexity index is 289. The van der Waals surface area contributed by atoms with E-state index < -0.39 is 16.6 Å². The monoisotopic (exact) mass is 202 g/mol. The highest BCUT2D eigenvalue weighted by Crippen LogP contribution is 2.33. The SMILES string of the molecule is CCOC(=O)[C@@]1(C)SC(N)=NC1=O. The minimum Gasteiger partial charge on any atom is -0.465 e. The molecule has 1 amide bonds. The zero-order chi connectivity index (χ0) is 10.1. The quantitative estimate of drug-likeness (QED) is 0.499. The third kappa shape index (κ3) is 1.67. The molecule has 0 fully saturated rings. The first kappa shape index (κ1) is 10.0. The number of carbonyl (C=O) groups excluding carboxylic acids is 2. The lowest BCUT2D eigenvalue weighted by Crippen LogP contribution is -2.38. The topological polar surface area (TPSA) is 81.8 Å². The van der Waals surface area contributed by atoms with Gasteiger partial charge in [0.25, 0.3) is 5.91 Å². The predicted octanol–water partition coefficient (Wildman–Crippen LogP) is -0.104. The van der Waals surface area contributed by atoms with Gasteiger partial charge in [-0.2, -0.15) is 4.99 Å². The van der Waals surface area contributed by atoms with E-state index in [1.54, 1.807) is 6.92 Å². The largest absolute Gasteiger partial charge is 0.465 e. The number of esters is 1. The maximum Gasteiger partial charge on any atom is 0.332 e. The van der Waals surface area contributed by atoms with Gasteiger partial charge in [-0.3, -0.25) is 4.79 Å². The first-order valence-corrected chi connectivity index (χ1v) is 4.57. The minimum absolute atomic E-state index is 0.112. The highest BCUT2D eigenvalue weighted by molar-refractivity contribution is 8.16. The Morgan fingerprint density at radius 1 is 1.77 bits per heavy atom. The summed E-state index contributed by atoms with van der Waals surface area (Å²) in [5.74, 6) is -1.14. The molecule has 1 heterocycles. The van der Waals surface area contributed by atoms with Crippen LogP contribution in [0.5, 0.6) is 0 Å². The molecule has 5 nitrogen and oxygen atoms in total. The summed E-state index contributed by atoms with van der Waals surface area (Å²) in [6.45, 7) is 3.37. The van der Waals surface area contributed by atoms with Gasteiger partial charge in [-0.15, -0.1) is 0 Å². The molecule has 0 aromatic rings. The summed E-state index contributed by atoms with van der Waals surface area (Å²) in [6, 6.07) is 0. The molecule has 6 heteroatoms. The van der Waals surface area contributed by atoms with E-state index in [2.05, 4.69) is 4.99 Å². The summed E-state index contributed by atoms with van der Waals surface area (Å²) < 4.78 is 3.46. The molecule has 1 atom stereocenters. The first-order chi connectivity index (χ1) is 6.00. The van der Waals surface area contributed by atoms with E-state index in [-0.39, 0.29) is 11.8 Å². The molecule has 1 rings (SSSR count). The lowest BCUT2D eigenvalue weighted by molar-refractivity contribution is -0.148. The van der Waals surface area contributed by atoms with Crippen molar-refractivity contribution in [2.75, 3.05) is 6.61 Å². The van der Waals surface area contributed by atoms with E-state index in [0.29, 0.717) is 0 Å². The van der Waals surface area contributed by atoms with E-state index >= 15 is 0 Å². The Morgan fingerprint density at radius 3 is 2.77 bits per heavy atom. The number of rotatable bonds is 2. The summed E-state index contributed by atoms with van der Waals surface area (Å²) in [5, 5.41) is 0.112. The number of amidine groups is 1. The molecule has 13 heavy (non-hydrogen) atoms. The summed E-state index contributed by atoms with van der Waals surface area (Å²) >= 11 is 0.928. The van der Waals surface area contributed by atoms with Crippen LogP contribution in [0.4, 0.5) is 0 Å². The lowest BCUT2D eigenvalue weighted by Gasteiger charge is -2.16. The van der Waals surface area contributed by atoms with Gasteiger partial charge in [0, 0.05) is 0 Å². The second kappa shape index (κ2) is 3.37. The standard InChI is InChI=1S/C7H10N2O3S/c1-3-12-5(11)7(2)4(10)9-6(8)13-7/h3H2,1-2H3,(H2,8,9,10)/t7-/m0/s1.